The molecule has 1 aliphatic rings. The van der Waals surface area contributed by atoms with E-state index in [9.17, 15) is 4.79 Å². The van der Waals surface area contributed by atoms with Crippen molar-refractivity contribution >= 4 is 5.97 Å². The number of para-hydroxylation sites is 1. The highest BCUT2D eigenvalue weighted by Gasteiger charge is 2.29. The second kappa shape index (κ2) is 5.30. The van der Waals surface area contributed by atoms with Crippen molar-refractivity contribution < 1.29 is 23.9 Å². The quantitative estimate of drug-likeness (QED) is 0.876. The van der Waals surface area contributed by atoms with Gasteiger partial charge in [-0.05, 0) is 6.07 Å². The smallest absolute Gasteiger partial charge is 0.329 e. The van der Waals surface area contributed by atoms with Crippen molar-refractivity contribution in [3.05, 3.63) is 41.5 Å². The van der Waals surface area contributed by atoms with Crippen molar-refractivity contribution in [2.75, 3.05) is 13.2 Å². The van der Waals surface area contributed by atoms with Gasteiger partial charge in [0.25, 0.3) is 5.89 Å². The topological polar surface area (TPSA) is 94.7 Å². The van der Waals surface area contributed by atoms with Gasteiger partial charge in [0, 0.05) is 5.56 Å². The van der Waals surface area contributed by atoms with Crippen molar-refractivity contribution in [3.8, 4) is 5.75 Å². The number of rotatable bonds is 5. The van der Waals surface area contributed by atoms with Gasteiger partial charge in [0.15, 0.2) is 5.82 Å². The Morgan fingerprint density at radius 1 is 1.45 bits per heavy atom. The van der Waals surface area contributed by atoms with Crippen molar-refractivity contribution in [2.24, 2.45) is 0 Å². The number of carboxylic acids is 1. The molecule has 0 fully saturated rings. The first-order valence-electron chi connectivity index (χ1n) is 6.08. The Labute approximate surface area is 114 Å². The molecule has 1 aromatic heterocycles. The number of nitrogens with zero attached hydrogens (tertiary/aromatic N) is 2. The number of benzene rings is 1. The summed E-state index contributed by atoms with van der Waals surface area (Å²) < 4.78 is 15.5. The Morgan fingerprint density at radius 2 is 2.30 bits per heavy atom. The molecule has 0 radical (unpaired) electrons. The Hall–Kier alpha value is -2.41. The molecule has 0 saturated carbocycles. The molecule has 7 heteroatoms. The van der Waals surface area contributed by atoms with E-state index in [4.69, 9.17) is 19.1 Å². The van der Waals surface area contributed by atoms with Gasteiger partial charge in [-0.1, -0.05) is 23.4 Å². The Kier molecular flexibility index (Phi) is 3.34. The molecule has 20 heavy (non-hydrogen) atoms. The zero-order valence-corrected chi connectivity index (χ0v) is 10.5. The summed E-state index contributed by atoms with van der Waals surface area (Å²) in [6.45, 7) is 0.0515. The van der Waals surface area contributed by atoms with Gasteiger partial charge >= 0.3 is 5.97 Å². The lowest BCUT2D eigenvalue weighted by Gasteiger charge is -2.01. The summed E-state index contributed by atoms with van der Waals surface area (Å²) in [5, 5.41) is 12.4. The number of fused-ring (bicyclic) bond motifs is 1. The van der Waals surface area contributed by atoms with Crippen LogP contribution in [0, 0.1) is 0 Å². The van der Waals surface area contributed by atoms with Crippen LogP contribution in [-0.4, -0.2) is 34.4 Å². The van der Waals surface area contributed by atoms with Crippen LogP contribution in [0.4, 0.5) is 0 Å². The van der Waals surface area contributed by atoms with Crippen LogP contribution in [0.3, 0.4) is 0 Å². The molecule has 7 nitrogen and oxygen atoms in total. The molecule has 2 aromatic rings. The van der Waals surface area contributed by atoms with Crippen LogP contribution in [0.2, 0.25) is 0 Å². The zero-order chi connectivity index (χ0) is 13.9. The molecule has 1 aromatic carbocycles. The van der Waals surface area contributed by atoms with Crippen molar-refractivity contribution in [1.82, 2.24) is 10.1 Å². The predicted molar refractivity (Wildman–Crippen MR) is 65.4 cm³/mol. The van der Waals surface area contributed by atoms with E-state index < -0.39 is 12.6 Å². The summed E-state index contributed by atoms with van der Waals surface area (Å²) in [6.07, 6.45) is 0. The van der Waals surface area contributed by atoms with E-state index in [1.807, 2.05) is 24.3 Å². The minimum absolute atomic E-state index is 0.0193. The van der Waals surface area contributed by atoms with Gasteiger partial charge in [-0.2, -0.15) is 4.98 Å². The molecule has 0 spiro atoms. The number of hydrogen-bond acceptors (Lipinski definition) is 6. The maximum absolute atomic E-state index is 10.3. The Morgan fingerprint density at radius 3 is 3.15 bits per heavy atom. The molecule has 0 aliphatic carbocycles. The summed E-state index contributed by atoms with van der Waals surface area (Å²) in [7, 11) is 0. The highest BCUT2D eigenvalue weighted by Crippen LogP contribution is 2.36. The monoisotopic (exact) mass is 276 g/mol. The van der Waals surface area contributed by atoms with Crippen LogP contribution < -0.4 is 4.74 Å². The lowest BCUT2D eigenvalue weighted by Crippen LogP contribution is -2.07. The molecule has 0 bridgehead atoms. The van der Waals surface area contributed by atoms with Gasteiger partial charge in [-0.15, -0.1) is 0 Å². The van der Waals surface area contributed by atoms with Gasteiger partial charge in [0.1, 0.15) is 25.6 Å². The van der Waals surface area contributed by atoms with E-state index in [-0.39, 0.29) is 18.4 Å². The third kappa shape index (κ3) is 2.48. The second-order valence-electron chi connectivity index (χ2n) is 4.33. The summed E-state index contributed by atoms with van der Waals surface area (Å²) in [5.41, 5.74) is 1.02. The highest BCUT2D eigenvalue weighted by molar-refractivity contribution is 5.67. The molecule has 1 unspecified atom stereocenters. The average molecular weight is 276 g/mol. The normalized spacial score (nSPS) is 16.7. The second-order valence-corrected chi connectivity index (χ2v) is 4.33. The molecule has 1 atom stereocenters. The summed E-state index contributed by atoms with van der Waals surface area (Å²) in [6, 6.07) is 7.69. The largest absolute Gasteiger partial charge is 0.492 e. The Balaban J connectivity index is 1.70. The van der Waals surface area contributed by atoms with Crippen LogP contribution in [0.15, 0.2) is 28.8 Å². The number of ether oxygens (including phenoxy) is 2. The van der Waals surface area contributed by atoms with Crippen LogP contribution in [0.25, 0.3) is 0 Å². The summed E-state index contributed by atoms with van der Waals surface area (Å²) in [5.74, 6) is 0.492. The lowest BCUT2D eigenvalue weighted by molar-refractivity contribution is -0.142. The third-order valence-electron chi connectivity index (χ3n) is 2.95. The first-order valence-corrected chi connectivity index (χ1v) is 6.08. The Bertz CT molecular complexity index is 625. The van der Waals surface area contributed by atoms with Gasteiger partial charge in [-0.25, -0.2) is 4.79 Å². The number of aromatic nitrogens is 2. The fourth-order valence-corrected chi connectivity index (χ4v) is 2.07. The van der Waals surface area contributed by atoms with E-state index in [1.165, 1.54) is 0 Å². The fraction of sp³-hybridized carbons (Fsp3) is 0.308. The van der Waals surface area contributed by atoms with E-state index in [2.05, 4.69) is 10.1 Å². The number of hydrogen-bond donors (Lipinski definition) is 1. The third-order valence-corrected chi connectivity index (χ3v) is 2.95. The van der Waals surface area contributed by atoms with Crippen molar-refractivity contribution in [3.63, 3.8) is 0 Å². The van der Waals surface area contributed by atoms with Crippen LogP contribution in [-0.2, 0) is 16.1 Å². The summed E-state index contributed by atoms with van der Waals surface area (Å²) in [4.78, 5) is 14.5. The molecule has 2 heterocycles. The van der Waals surface area contributed by atoms with Crippen LogP contribution in [0.1, 0.15) is 23.2 Å². The molecule has 0 amide bonds. The molecule has 104 valence electrons. The van der Waals surface area contributed by atoms with Crippen LogP contribution >= 0.6 is 0 Å². The summed E-state index contributed by atoms with van der Waals surface area (Å²) >= 11 is 0. The highest BCUT2D eigenvalue weighted by atomic mass is 16.5. The van der Waals surface area contributed by atoms with Crippen molar-refractivity contribution in [1.29, 1.82) is 0 Å². The standard InChI is InChI=1S/C13H12N2O5/c16-12(17)7-18-6-11-14-13(15-20-11)9-5-19-10-4-2-1-3-8(9)10/h1-4,9H,5-7H2,(H,16,17). The van der Waals surface area contributed by atoms with Crippen LogP contribution in [0.5, 0.6) is 5.75 Å². The zero-order valence-electron chi connectivity index (χ0n) is 10.5. The lowest BCUT2D eigenvalue weighted by atomic mass is 10.0. The minimum Gasteiger partial charge on any atom is -0.492 e. The van der Waals surface area contributed by atoms with E-state index >= 15 is 0 Å². The maximum atomic E-state index is 10.3. The molecule has 3 rings (SSSR count). The molecule has 0 saturated heterocycles. The van der Waals surface area contributed by atoms with Gasteiger partial charge < -0.3 is 19.1 Å². The van der Waals surface area contributed by atoms with E-state index in [0.29, 0.717) is 12.4 Å². The SMILES string of the molecule is O=C(O)COCc1nc(C2COc3ccccc32)no1. The van der Waals surface area contributed by atoms with Gasteiger partial charge in [0.2, 0.25) is 0 Å². The molecule has 1 N–H and O–H groups in total. The number of aliphatic carboxylic acids is 1. The molecular weight excluding hydrogens is 264 g/mol. The fourth-order valence-electron chi connectivity index (χ4n) is 2.07. The average Bonchev–Trinajstić information content (AvgIpc) is 3.04. The number of carbonyl (C=O) groups is 1. The van der Waals surface area contributed by atoms with E-state index in [1.54, 1.807) is 0 Å². The minimum atomic E-state index is -1.04. The first kappa shape index (κ1) is 12.6. The predicted octanol–water partition coefficient (Wildman–Crippen LogP) is 1.20. The van der Waals surface area contributed by atoms with E-state index in [0.717, 1.165) is 11.3 Å². The van der Waals surface area contributed by atoms with Gasteiger partial charge in [-0.3, -0.25) is 0 Å². The maximum Gasteiger partial charge on any atom is 0.329 e. The number of carboxylic acid groups (broad SMARTS) is 1. The van der Waals surface area contributed by atoms with Crippen molar-refractivity contribution in [2.45, 2.75) is 12.5 Å². The molecular formula is C13H12N2O5. The van der Waals surface area contributed by atoms with Gasteiger partial charge in [0.05, 0.1) is 5.92 Å². The first-order chi connectivity index (χ1) is 9.74. The molecule has 1 aliphatic heterocycles.